The number of hydrogen-bond donors (Lipinski definition) is 2. The van der Waals surface area contributed by atoms with Crippen LogP contribution in [0.5, 0.6) is 0 Å². The fourth-order valence-electron chi connectivity index (χ4n) is 2.93. The second kappa shape index (κ2) is 6.78. The molecule has 0 bridgehead atoms. The summed E-state index contributed by atoms with van der Waals surface area (Å²) in [4.78, 5) is 12.2. The highest BCUT2D eigenvalue weighted by Crippen LogP contribution is 2.26. The number of carbonyl (C=O) groups is 1. The first-order valence-corrected chi connectivity index (χ1v) is 7.73. The highest BCUT2D eigenvalue weighted by atomic mass is 16.4. The Hall–Kier alpha value is -2.41. The summed E-state index contributed by atoms with van der Waals surface area (Å²) in [6, 6.07) is 10.2. The number of benzene rings is 1. The Balaban J connectivity index is 1.60. The van der Waals surface area contributed by atoms with Gasteiger partial charge in [0.15, 0.2) is 0 Å². The Labute approximate surface area is 134 Å². The standard InChI is InChI=1S/C16H20N4O3/c21-15-11-19(16(22)23)8-7-13(15)14-10-20(18-17-14)9-6-12-4-2-1-3-5-12/h1-5,10,13,15,21H,6-9,11H2,(H,22,23). The summed E-state index contributed by atoms with van der Waals surface area (Å²) < 4.78 is 1.78. The number of hydrogen-bond acceptors (Lipinski definition) is 4. The Morgan fingerprint density at radius 1 is 1.30 bits per heavy atom. The molecule has 1 aliphatic heterocycles. The van der Waals surface area contributed by atoms with Gasteiger partial charge in [-0.15, -0.1) is 5.10 Å². The molecule has 0 spiro atoms. The van der Waals surface area contributed by atoms with Crippen LogP contribution in [-0.2, 0) is 13.0 Å². The summed E-state index contributed by atoms with van der Waals surface area (Å²) in [6.07, 6.45) is 1.55. The molecule has 3 rings (SSSR count). The first-order chi connectivity index (χ1) is 11.1. The Morgan fingerprint density at radius 2 is 2.09 bits per heavy atom. The average molecular weight is 316 g/mol. The van der Waals surface area contributed by atoms with E-state index in [0.717, 1.165) is 18.7 Å². The summed E-state index contributed by atoms with van der Waals surface area (Å²) in [5, 5.41) is 27.4. The third kappa shape index (κ3) is 3.68. The van der Waals surface area contributed by atoms with Crippen molar-refractivity contribution in [1.82, 2.24) is 19.9 Å². The first-order valence-electron chi connectivity index (χ1n) is 7.73. The van der Waals surface area contributed by atoms with Crippen LogP contribution in [0.25, 0.3) is 0 Å². The van der Waals surface area contributed by atoms with Crippen molar-refractivity contribution in [3.63, 3.8) is 0 Å². The van der Waals surface area contributed by atoms with E-state index in [1.165, 1.54) is 10.5 Å². The maximum atomic E-state index is 10.9. The van der Waals surface area contributed by atoms with E-state index in [4.69, 9.17) is 5.11 Å². The van der Waals surface area contributed by atoms with Crippen LogP contribution < -0.4 is 0 Å². The van der Waals surface area contributed by atoms with Gasteiger partial charge < -0.3 is 15.1 Å². The van der Waals surface area contributed by atoms with E-state index < -0.39 is 12.2 Å². The third-order valence-electron chi connectivity index (χ3n) is 4.26. The van der Waals surface area contributed by atoms with Crippen LogP contribution >= 0.6 is 0 Å². The summed E-state index contributed by atoms with van der Waals surface area (Å²) >= 11 is 0. The highest BCUT2D eigenvalue weighted by Gasteiger charge is 2.32. The fraction of sp³-hybridized carbons (Fsp3) is 0.438. The minimum atomic E-state index is -0.992. The molecule has 2 N–H and O–H groups in total. The van der Waals surface area contributed by atoms with Gasteiger partial charge in [0, 0.05) is 25.2 Å². The van der Waals surface area contributed by atoms with E-state index in [1.807, 2.05) is 24.4 Å². The second-order valence-corrected chi connectivity index (χ2v) is 5.83. The number of amides is 1. The zero-order valence-electron chi connectivity index (χ0n) is 12.7. The van der Waals surface area contributed by atoms with Gasteiger partial charge in [-0.1, -0.05) is 35.5 Å². The van der Waals surface area contributed by atoms with Crippen molar-refractivity contribution in [1.29, 1.82) is 0 Å². The lowest BCUT2D eigenvalue weighted by Crippen LogP contribution is -2.45. The quantitative estimate of drug-likeness (QED) is 0.888. The summed E-state index contributed by atoms with van der Waals surface area (Å²) in [5.74, 6) is -0.156. The number of carboxylic acid groups (broad SMARTS) is 1. The summed E-state index contributed by atoms with van der Waals surface area (Å²) in [7, 11) is 0. The van der Waals surface area contributed by atoms with E-state index in [0.29, 0.717) is 13.0 Å². The molecule has 122 valence electrons. The van der Waals surface area contributed by atoms with Gasteiger partial charge in [-0.25, -0.2) is 4.79 Å². The molecule has 1 aromatic heterocycles. The molecule has 1 amide bonds. The van der Waals surface area contributed by atoms with Gasteiger partial charge in [-0.2, -0.15) is 0 Å². The number of aryl methyl sites for hydroxylation is 2. The van der Waals surface area contributed by atoms with Crippen LogP contribution in [0.4, 0.5) is 4.79 Å². The van der Waals surface area contributed by atoms with Crippen molar-refractivity contribution in [2.45, 2.75) is 31.4 Å². The molecule has 1 fully saturated rings. The molecule has 7 nitrogen and oxygen atoms in total. The van der Waals surface area contributed by atoms with Crippen molar-refractivity contribution in [2.24, 2.45) is 0 Å². The largest absolute Gasteiger partial charge is 0.465 e. The molecule has 7 heteroatoms. The number of aliphatic hydroxyl groups excluding tert-OH is 1. The number of rotatable bonds is 4. The monoisotopic (exact) mass is 316 g/mol. The smallest absolute Gasteiger partial charge is 0.407 e. The summed E-state index contributed by atoms with van der Waals surface area (Å²) in [5.41, 5.74) is 1.97. The maximum absolute atomic E-state index is 10.9. The van der Waals surface area contributed by atoms with Crippen LogP contribution in [0.1, 0.15) is 23.6 Å². The molecule has 1 aromatic carbocycles. The maximum Gasteiger partial charge on any atom is 0.407 e. The van der Waals surface area contributed by atoms with Crippen molar-refractivity contribution in [3.05, 3.63) is 47.8 Å². The first kappa shape index (κ1) is 15.5. The molecule has 0 aliphatic carbocycles. The minimum absolute atomic E-state index is 0.122. The van der Waals surface area contributed by atoms with E-state index in [9.17, 15) is 9.90 Å². The van der Waals surface area contributed by atoms with Crippen molar-refractivity contribution < 1.29 is 15.0 Å². The lowest BCUT2D eigenvalue weighted by Gasteiger charge is -2.33. The van der Waals surface area contributed by atoms with Crippen LogP contribution in [0.3, 0.4) is 0 Å². The molecule has 2 atom stereocenters. The van der Waals surface area contributed by atoms with Gasteiger partial charge in [0.1, 0.15) is 0 Å². The van der Waals surface area contributed by atoms with Gasteiger partial charge >= 0.3 is 6.09 Å². The topological polar surface area (TPSA) is 91.5 Å². The molecule has 23 heavy (non-hydrogen) atoms. The predicted octanol–water partition coefficient (Wildman–Crippen LogP) is 1.35. The van der Waals surface area contributed by atoms with E-state index >= 15 is 0 Å². The molecule has 0 radical (unpaired) electrons. The fourth-order valence-corrected chi connectivity index (χ4v) is 2.93. The zero-order valence-corrected chi connectivity index (χ0v) is 12.7. The van der Waals surface area contributed by atoms with Crippen LogP contribution in [0, 0.1) is 0 Å². The zero-order chi connectivity index (χ0) is 16.2. The number of aromatic nitrogens is 3. The lowest BCUT2D eigenvalue weighted by atomic mass is 9.91. The van der Waals surface area contributed by atoms with Crippen LogP contribution in [0.15, 0.2) is 36.5 Å². The van der Waals surface area contributed by atoms with Gasteiger partial charge in [0.05, 0.1) is 18.3 Å². The molecule has 1 aliphatic rings. The van der Waals surface area contributed by atoms with Crippen molar-refractivity contribution in [2.75, 3.05) is 13.1 Å². The molecule has 2 aromatic rings. The Bertz CT molecular complexity index is 658. The van der Waals surface area contributed by atoms with Gasteiger partial charge in [-0.3, -0.25) is 4.68 Å². The third-order valence-corrected chi connectivity index (χ3v) is 4.26. The Morgan fingerprint density at radius 3 is 2.78 bits per heavy atom. The van der Waals surface area contributed by atoms with Crippen molar-refractivity contribution in [3.8, 4) is 0 Å². The number of nitrogens with zero attached hydrogens (tertiary/aromatic N) is 4. The van der Waals surface area contributed by atoms with Crippen LogP contribution in [-0.4, -0.2) is 55.4 Å². The number of β-amino-alcohol motifs (C(OH)–C–C–N with tert-alkyl or cyclic N) is 1. The molecular weight excluding hydrogens is 296 g/mol. The minimum Gasteiger partial charge on any atom is -0.465 e. The van der Waals surface area contributed by atoms with Crippen LogP contribution in [0.2, 0.25) is 0 Å². The summed E-state index contributed by atoms with van der Waals surface area (Å²) in [6.45, 7) is 1.26. The number of likely N-dealkylation sites (tertiary alicyclic amines) is 1. The van der Waals surface area contributed by atoms with Gasteiger partial charge in [0.2, 0.25) is 0 Å². The SMILES string of the molecule is O=C(O)N1CCC(c2cn(CCc3ccccc3)nn2)C(O)C1. The average Bonchev–Trinajstić information content (AvgIpc) is 3.02. The predicted molar refractivity (Wildman–Crippen MR) is 83.1 cm³/mol. The number of aliphatic hydroxyl groups is 1. The van der Waals surface area contributed by atoms with E-state index in [2.05, 4.69) is 22.4 Å². The molecule has 0 saturated carbocycles. The molecule has 1 saturated heterocycles. The second-order valence-electron chi connectivity index (χ2n) is 5.83. The lowest BCUT2D eigenvalue weighted by molar-refractivity contribution is 0.0493. The van der Waals surface area contributed by atoms with Crippen molar-refractivity contribution >= 4 is 6.09 Å². The molecular formula is C16H20N4O3. The van der Waals surface area contributed by atoms with E-state index in [1.54, 1.807) is 4.68 Å². The van der Waals surface area contributed by atoms with Gasteiger partial charge in [-0.05, 0) is 18.4 Å². The number of piperidine rings is 1. The van der Waals surface area contributed by atoms with Gasteiger partial charge in [0.25, 0.3) is 0 Å². The normalized spacial score (nSPS) is 21.3. The highest BCUT2D eigenvalue weighted by molar-refractivity contribution is 5.65. The molecule has 2 heterocycles. The Kier molecular flexibility index (Phi) is 4.57. The van der Waals surface area contributed by atoms with E-state index in [-0.39, 0.29) is 12.5 Å². The molecule has 2 unspecified atom stereocenters.